The molecule has 92 valence electrons. The topological polar surface area (TPSA) is 97.7 Å². The lowest BCUT2D eigenvalue weighted by Gasteiger charge is -1.96. The van der Waals surface area contributed by atoms with E-state index in [2.05, 4.69) is 4.74 Å². The summed E-state index contributed by atoms with van der Waals surface area (Å²) in [6.45, 7) is 4.65. The van der Waals surface area contributed by atoms with Gasteiger partial charge in [-0.1, -0.05) is 0 Å². The predicted molar refractivity (Wildman–Crippen MR) is 54.9 cm³/mol. The van der Waals surface area contributed by atoms with Crippen LogP contribution in [0, 0.1) is 0 Å². The minimum Gasteiger partial charge on any atom is -0.481 e. The SMILES string of the molecule is CC(=O)CC(=O)O.CCOC(=O)CC(C)=O. The van der Waals surface area contributed by atoms with Gasteiger partial charge in [-0.05, 0) is 20.8 Å². The molecule has 0 rings (SSSR count). The Labute approximate surface area is 93.6 Å². The number of carbonyl (C=O) groups is 4. The first-order valence-corrected chi connectivity index (χ1v) is 4.65. The fourth-order valence-electron chi connectivity index (χ4n) is 0.628. The molecule has 6 heteroatoms. The molecule has 16 heavy (non-hydrogen) atoms. The molecule has 0 saturated carbocycles. The lowest BCUT2D eigenvalue weighted by molar-refractivity contribution is -0.145. The minimum absolute atomic E-state index is 0.103. The van der Waals surface area contributed by atoms with Gasteiger partial charge >= 0.3 is 11.9 Å². The van der Waals surface area contributed by atoms with E-state index in [0.717, 1.165) is 0 Å². The Bertz CT molecular complexity index is 256. The molecule has 0 atom stereocenters. The molecule has 0 amide bonds. The van der Waals surface area contributed by atoms with Crippen LogP contribution in [-0.4, -0.2) is 35.2 Å². The number of hydrogen-bond donors (Lipinski definition) is 1. The van der Waals surface area contributed by atoms with Crippen molar-refractivity contribution in [1.29, 1.82) is 0 Å². The third-order valence-electron chi connectivity index (χ3n) is 1.10. The first kappa shape index (κ1) is 16.7. The van der Waals surface area contributed by atoms with E-state index in [1.165, 1.54) is 13.8 Å². The summed E-state index contributed by atoms with van der Waals surface area (Å²) < 4.78 is 4.49. The molecule has 0 bridgehead atoms. The molecular weight excluding hydrogens is 216 g/mol. The lowest BCUT2D eigenvalue weighted by Crippen LogP contribution is -2.07. The average molecular weight is 232 g/mol. The van der Waals surface area contributed by atoms with E-state index in [1.54, 1.807) is 6.92 Å². The summed E-state index contributed by atoms with van der Waals surface area (Å²) in [6, 6.07) is 0. The highest BCUT2D eigenvalue weighted by Gasteiger charge is 2.03. The van der Waals surface area contributed by atoms with Crippen LogP contribution in [-0.2, 0) is 23.9 Å². The van der Waals surface area contributed by atoms with Crippen LogP contribution < -0.4 is 0 Å². The minimum atomic E-state index is -1.06. The summed E-state index contributed by atoms with van der Waals surface area (Å²) in [7, 11) is 0. The number of rotatable bonds is 5. The van der Waals surface area contributed by atoms with Gasteiger partial charge in [0.1, 0.15) is 24.4 Å². The van der Waals surface area contributed by atoms with Crippen molar-refractivity contribution in [3.8, 4) is 0 Å². The van der Waals surface area contributed by atoms with Gasteiger partial charge in [0.25, 0.3) is 0 Å². The van der Waals surface area contributed by atoms with Gasteiger partial charge in [-0.3, -0.25) is 19.2 Å². The van der Waals surface area contributed by atoms with Gasteiger partial charge in [-0.25, -0.2) is 0 Å². The van der Waals surface area contributed by atoms with Gasteiger partial charge in [0.2, 0.25) is 0 Å². The Morgan fingerprint density at radius 3 is 1.62 bits per heavy atom. The zero-order valence-electron chi connectivity index (χ0n) is 9.61. The first-order valence-electron chi connectivity index (χ1n) is 4.65. The monoisotopic (exact) mass is 232 g/mol. The molecule has 0 aromatic carbocycles. The Morgan fingerprint density at radius 1 is 1.00 bits per heavy atom. The summed E-state index contributed by atoms with van der Waals surface area (Å²) in [5, 5.41) is 7.86. The largest absolute Gasteiger partial charge is 0.481 e. The molecule has 6 nitrogen and oxygen atoms in total. The van der Waals surface area contributed by atoms with Crippen molar-refractivity contribution in [2.75, 3.05) is 6.61 Å². The maximum Gasteiger partial charge on any atom is 0.313 e. The summed E-state index contributed by atoms with van der Waals surface area (Å²) in [5.41, 5.74) is 0. The van der Waals surface area contributed by atoms with Crippen molar-refractivity contribution in [3.05, 3.63) is 0 Å². The van der Waals surface area contributed by atoms with Gasteiger partial charge in [0, 0.05) is 0 Å². The van der Waals surface area contributed by atoms with Crippen molar-refractivity contribution in [2.45, 2.75) is 33.6 Å². The standard InChI is InChI=1S/C6H10O3.C4H6O3/c1-3-9-6(8)4-5(2)7;1-3(5)2-4(6)7/h3-4H2,1-2H3;2H2,1H3,(H,6,7). The van der Waals surface area contributed by atoms with Crippen molar-refractivity contribution in [3.63, 3.8) is 0 Å². The number of ether oxygens (including phenoxy) is 1. The number of carbonyl (C=O) groups excluding carboxylic acids is 3. The number of ketones is 2. The van der Waals surface area contributed by atoms with Crippen LogP contribution in [0.4, 0.5) is 0 Å². The molecule has 0 fully saturated rings. The van der Waals surface area contributed by atoms with Crippen molar-refractivity contribution < 1.29 is 29.0 Å². The summed E-state index contributed by atoms with van der Waals surface area (Å²) in [4.78, 5) is 40.1. The molecule has 0 radical (unpaired) electrons. The van der Waals surface area contributed by atoms with E-state index >= 15 is 0 Å². The van der Waals surface area contributed by atoms with E-state index in [1.807, 2.05) is 0 Å². The van der Waals surface area contributed by atoms with Gasteiger partial charge in [0.15, 0.2) is 0 Å². The molecule has 0 heterocycles. The second-order valence-corrected chi connectivity index (χ2v) is 2.96. The first-order chi connectivity index (χ1) is 7.29. The highest BCUT2D eigenvalue weighted by atomic mass is 16.5. The average Bonchev–Trinajstić information content (AvgIpc) is 2.00. The van der Waals surface area contributed by atoms with Crippen LogP contribution in [0.2, 0.25) is 0 Å². The highest BCUT2D eigenvalue weighted by Crippen LogP contribution is 1.86. The van der Waals surface area contributed by atoms with Gasteiger partial charge in [-0.15, -0.1) is 0 Å². The third-order valence-corrected chi connectivity index (χ3v) is 1.10. The van der Waals surface area contributed by atoms with E-state index in [4.69, 9.17) is 5.11 Å². The van der Waals surface area contributed by atoms with Crippen LogP contribution >= 0.6 is 0 Å². The molecule has 0 saturated heterocycles. The number of carboxylic acids is 1. The van der Waals surface area contributed by atoms with Crippen LogP contribution in [0.1, 0.15) is 33.6 Å². The summed E-state index contributed by atoms with van der Waals surface area (Å²) in [6.07, 6.45) is -0.464. The van der Waals surface area contributed by atoms with E-state index < -0.39 is 11.9 Å². The zero-order valence-corrected chi connectivity index (χ0v) is 9.61. The summed E-state index contributed by atoms with van der Waals surface area (Å²) in [5.74, 6) is -1.97. The fourth-order valence-corrected chi connectivity index (χ4v) is 0.628. The van der Waals surface area contributed by atoms with Crippen molar-refractivity contribution in [1.82, 2.24) is 0 Å². The molecule has 0 aromatic rings. The van der Waals surface area contributed by atoms with E-state index in [-0.39, 0.29) is 24.4 Å². The normalized spacial score (nSPS) is 8.44. The fraction of sp³-hybridized carbons (Fsp3) is 0.600. The Balaban J connectivity index is 0. The van der Waals surface area contributed by atoms with Crippen LogP contribution in [0.15, 0.2) is 0 Å². The lowest BCUT2D eigenvalue weighted by atomic mass is 10.3. The predicted octanol–water partition coefficient (Wildman–Crippen LogP) is 0.579. The number of carboxylic acid groups (broad SMARTS) is 1. The Morgan fingerprint density at radius 2 is 1.44 bits per heavy atom. The van der Waals surface area contributed by atoms with Crippen LogP contribution in [0.3, 0.4) is 0 Å². The Hall–Kier alpha value is -1.72. The number of esters is 1. The molecule has 0 aliphatic rings. The Kier molecular flexibility index (Phi) is 10.3. The van der Waals surface area contributed by atoms with Crippen LogP contribution in [0.25, 0.3) is 0 Å². The van der Waals surface area contributed by atoms with E-state index in [9.17, 15) is 19.2 Å². The second-order valence-electron chi connectivity index (χ2n) is 2.96. The highest BCUT2D eigenvalue weighted by molar-refractivity contribution is 5.94. The quantitative estimate of drug-likeness (QED) is 0.550. The van der Waals surface area contributed by atoms with Crippen molar-refractivity contribution in [2.24, 2.45) is 0 Å². The second kappa shape index (κ2) is 9.82. The van der Waals surface area contributed by atoms with Gasteiger partial charge < -0.3 is 9.84 Å². The van der Waals surface area contributed by atoms with Gasteiger partial charge in [0.05, 0.1) is 6.61 Å². The number of Topliss-reactive ketones (excluding diaryl/α,β-unsaturated/α-hetero) is 2. The molecule has 0 spiro atoms. The number of aliphatic carboxylic acids is 1. The molecule has 1 N–H and O–H groups in total. The molecule has 0 aromatic heterocycles. The zero-order chi connectivity index (χ0) is 13.1. The maximum atomic E-state index is 10.4. The molecule has 0 unspecified atom stereocenters. The molecule has 0 aliphatic heterocycles. The molecular formula is C10H16O6. The van der Waals surface area contributed by atoms with Crippen LogP contribution in [0.5, 0.6) is 0 Å². The third kappa shape index (κ3) is 18.1. The summed E-state index contributed by atoms with van der Waals surface area (Å²) >= 11 is 0. The van der Waals surface area contributed by atoms with Crippen molar-refractivity contribution >= 4 is 23.5 Å². The molecule has 0 aliphatic carbocycles. The van der Waals surface area contributed by atoms with Gasteiger partial charge in [-0.2, -0.15) is 0 Å². The number of hydrogen-bond acceptors (Lipinski definition) is 5. The van der Waals surface area contributed by atoms with E-state index in [0.29, 0.717) is 6.61 Å². The smallest absolute Gasteiger partial charge is 0.313 e. The maximum absolute atomic E-state index is 10.4.